The summed E-state index contributed by atoms with van der Waals surface area (Å²) in [5, 5.41) is 9.68. The lowest BCUT2D eigenvalue weighted by molar-refractivity contribution is 0.0646. The quantitative estimate of drug-likeness (QED) is 0.888. The molecule has 0 radical (unpaired) electrons. The monoisotopic (exact) mass is 341 g/mol. The topological polar surface area (TPSA) is 91.0 Å². The van der Waals surface area contributed by atoms with Crippen LogP contribution in [0.15, 0.2) is 24.7 Å². The summed E-state index contributed by atoms with van der Waals surface area (Å²) >= 11 is 0. The molecule has 1 fully saturated rings. The predicted octanol–water partition coefficient (Wildman–Crippen LogP) is 1.67. The van der Waals surface area contributed by atoms with Crippen LogP contribution in [0.25, 0.3) is 0 Å². The third-order valence-corrected chi connectivity index (χ3v) is 4.95. The van der Waals surface area contributed by atoms with Crippen molar-refractivity contribution in [3.8, 4) is 0 Å². The second-order valence-corrected chi connectivity index (χ2v) is 6.82. The van der Waals surface area contributed by atoms with Gasteiger partial charge >= 0.3 is 0 Å². The summed E-state index contributed by atoms with van der Waals surface area (Å²) in [6, 6.07) is 1.76. The van der Waals surface area contributed by atoms with Gasteiger partial charge in [0, 0.05) is 43.5 Å². The third-order valence-electron chi connectivity index (χ3n) is 4.95. The fourth-order valence-corrected chi connectivity index (χ4v) is 3.55. The number of carbonyl (C=O) groups is 2. The largest absolute Gasteiger partial charge is 0.355 e. The van der Waals surface area contributed by atoms with Crippen molar-refractivity contribution in [1.82, 2.24) is 25.4 Å². The van der Waals surface area contributed by atoms with E-state index in [4.69, 9.17) is 0 Å². The number of hydrogen-bond acceptors (Lipinski definition) is 4. The van der Waals surface area contributed by atoms with E-state index in [1.165, 1.54) is 0 Å². The summed E-state index contributed by atoms with van der Waals surface area (Å²) in [6.45, 7) is 5.22. The molecule has 7 heteroatoms. The molecule has 0 bridgehead atoms. The number of hydrogen-bond donors (Lipinski definition) is 2. The highest BCUT2D eigenvalue weighted by Crippen LogP contribution is 2.35. The van der Waals surface area contributed by atoms with Gasteiger partial charge in [0.1, 0.15) is 0 Å². The number of aromatic nitrogens is 3. The normalized spacial score (nSPS) is 20.4. The van der Waals surface area contributed by atoms with E-state index in [1.54, 1.807) is 31.7 Å². The van der Waals surface area contributed by atoms with Crippen LogP contribution < -0.4 is 5.32 Å². The molecule has 1 aliphatic heterocycles. The maximum absolute atomic E-state index is 12.9. The molecule has 132 valence electrons. The van der Waals surface area contributed by atoms with Crippen molar-refractivity contribution in [2.45, 2.75) is 32.1 Å². The van der Waals surface area contributed by atoms with Crippen molar-refractivity contribution in [2.24, 2.45) is 0 Å². The number of nitrogens with one attached hydrogen (secondary N) is 2. The predicted molar refractivity (Wildman–Crippen MR) is 93.4 cm³/mol. The van der Waals surface area contributed by atoms with Crippen molar-refractivity contribution in [1.29, 1.82) is 0 Å². The minimum atomic E-state index is -0.340. The molecule has 2 aromatic heterocycles. The highest BCUT2D eigenvalue weighted by molar-refractivity contribution is 5.96. The van der Waals surface area contributed by atoms with Crippen LogP contribution in [-0.2, 0) is 5.41 Å². The van der Waals surface area contributed by atoms with Gasteiger partial charge in [-0.25, -0.2) is 0 Å². The van der Waals surface area contributed by atoms with Crippen molar-refractivity contribution in [3.63, 3.8) is 0 Å². The van der Waals surface area contributed by atoms with E-state index in [2.05, 4.69) is 27.4 Å². The lowest BCUT2D eigenvalue weighted by Crippen LogP contribution is -2.48. The molecule has 2 amide bonds. The van der Waals surface area contributed by atoms with Gasteiger partial charge in [0.2, 0.25) is 0 Å². The van der Waals surface area contributed by atoms with Crippen LogP contribution in [-0.4, -0.2) is 52.0 Å². The van der Waals surface area contributed by atoms with Gasteiger partial charge in [-0.2, -0.15) is 5.10 Å². The van der Waals surface area contributed by atoms with Crippen LogP contribution in [0, 0.1) is 6.92 Å². The lowest BCUT2D eigenvalue weighted by atomic mass is 9.77. The van der Waals surface area contributed by atoms with Gasteiger partial charge in [-0.1, -0.05) is 6.92 Å². The number of H-pyrrole nitrogens is 1. The molecule has 0 saturated carbocycles. The van der Waals surface area contributed by atoms with Gasteiger partial charge in [0.05, 0.1) is 17.5 Å². The maximum Gasteiger partial charge on any atom is 0.254 e. The molecule has 2 aromatic rings. The van der Waals surface area contributed by atoms with Crippen LogP contribution in [0.2, 0.25) is 0 Å². The Hall–Kier alpha value is -2.70. The minimum absolute atomic E-state index is 0.00633. The number of piperidine rings is 1. The van der Waals surface area contributed by atoms with Crippen molar-refractivity contribution in [2.75, 3.05) is 20.1 Å². The lowest BCUT2D eigenvalue weighted by Gasteiger charge is -2.40. The third kappa shape index (κ3) is 3.14. The zero-order valence-corrected chi connectivity index (χ0v) is 14.8. The number of amides is 2. The first-order valence-electron chi connectivity index (χ1n) is 8.42. The molecule has 2 N–H and O–H groups in total. The Bertz CT molecular complexity index is 800. The van der Waals surface area contributed by atoms with Crippen LogP contribution in [0.3, 0.4) is 0 Å². The molecule has 1 saturated heterocycles. The maximum atomic E-state index is 12.9. The number of likely N-dealkylation sites (tertiary alicyclic amines) is 1. The summed E-state index contributed by atoms with van der Waals surface area (Å²) in [6.07, 6.45) is 6.65. The molecule has 3 rings (SSSR count). The van der Waals surface area contributed by atoms with Gasteiger partial charge in [-0.05, 0) is 31.4 Å². The highest BCUT2D eigenvalue weighted by Gasteiger charge is 2.38. The van der Waals surface area contributed by atoms with Gasteiger partial charge < -0.3 is 10.2 Å². The highest BCUT2D eigenvalue weighted by atomic mass is 16.2. The van der Waals surface area contributed by atoms with E-state index in [-0.39, 0.29) is 17.2 Å². The summed E-state index contributed by atoms with van der Waals surface area (Å²) in [7, 11) is 1.60. The van der Waals surface area contributed by atoms with Gasteiger partial charge in [0.15, 0.2) is 0 Å². The van der Waals surface area contributed by atoms with E-state index in [0.29, 0.717) is 24.2 Å². The minimum Gasteiger partial charge on any atom is -0.355 e. The number of carbonyl (C=O) groups excluding carboxylic acids is 2. The molecule has 0 spiro atoms. The van der Waals surface area contributed by atoms with Gasteiger partial charge in [-0.15, -0.1) is 0 Å². The van der Waals surface area contributed by atoms with Gasteiger partial charge in [-0.3, -0.25) is 19.7 Å². The summed E-state index contributed by atoms with van der Waals surface area (Å²) < 4.78 is 0. The molecule has 1 aliphatic rings. The molecular weight excluding hydrogens is 318 g/mol. The Morgan fingerprint density at radius 1 is 1.32 bits per heavy atom. The van der Waals surface area contributed by atoms with Crippen molar-refractivity contribution >= 4 is 11.8 Å². The molecule has 0 unspecified atom stereocenters. The fraction of sp³-hybridized carbons (Fsp3) is 0.444. The smallest absolute Gasteiger partial charge is 0.254 e. The first-order chi connectivity index (χ1) is 12.0. The van der Waals surface area contributed by atoms with E-state index in [9.17, 15) is 9.59 Å². The average Bonchev–Trinajstić information content (AvgIpc) is 3.12. The molecule has 0 aliphatic carbocycles. The Kier molecular flexibility index (Phi) is 4.57. The number of rotatable bonds is 3. The molecule has 25 heavy (non-hydrogen) atoms. The average molecular weight is 341 g/mol. The van der Waals surface area contributed by atoms with Crippen molar-refractivity contribution in [3.05, 3.63) is 47.0 Å². The first-order valence-corrected chi connectivity index (χ1v) is 8.42. The number of nitrogens with zero attached hydrogens (tertiary/aromatic N) is 3. The van der Waals surface area contributed by atoms with E-state index >= 15 is 0 Å². The summed E-state index contributed by atoms with van der Waals surface area (Å²) in [4.78, 5) is 31.0. The van der Waals surface area contributed by atoms with E-state index in [0.717, 1.165) is 24.1 Å². The van der Waals surface area contributed by atoms with Crippen LogP contribution in [0.4, 0.5) is 0 Å². The Labute approximate surface area is 146 Å². The zero-order chi connectivity index (χ0) is 18.0. The molecule has 7 nitrogen and oxygen atoms in total. The summed E-state index contributed by atoms with van der Waals surface area (Å²) in [5.74, 6) is -0.162. The first kappa shape index (κ1) is 17.1. The van der Waals surface area contributed by atoms with Gasteiger partial charge in [0.25, 0.3) is 11.8 Å². The standard InChI is InChI=1S/C18H23N5O2/c1-12-9-20-7-5-13(12)17(25)23-8-4-6-18(2,11-23)15-14(10-21-22-15)16(24)19-3/h5,7,9-10H,4,6,8,11H2,1-3H3,(H,19,24)(H,21,22)/t18-/m1/s1. The van der Waals surface area contributed by atoms with Crippen LogP contribution >= 0.6 is 0 Å². The summed E-state index contributed by atoms with van der Waals surface area (Å²) in [5.41, 5.74) is 2.53. The Morgan fingerprint density at radius 3 is 2.84 bits per heavy atom. The second kappa shape index (κ2) is 6.66. The molecule has 1 atom stereocenters. The Balaban J connectivity index is 1.88. The van der Waals surface area contributed by atoms with Crippen LogP contribution in [0.1, 0.15) is 51.7 Å². The SMILES string of the molecule is CNC(=O)c1cn[nH]c1[C@]1(C)CCCN(C(=O)c2ccncc2C)C1. The van der Waals surface area contributed by atoms with Crippen molar-refractivity contribution < 1.29 is 9.59 Å². The second-order valence-electron chi connectivity index (χ2n) is 6.82. The number of aryl methyl sites for hydroxylation is 1. The Morgan fingerprint density at radius 2 is 2.12 bits per heavy atom. The fourth-order valence-electron chi connectivity index (χ4n) is 3.55. The van der Waals surface area contributed by atoms with E-state index in [1.807, 2.05) is 11.8 Å². The van der Waals surface area contributed by atoms with E-state index < -0.39 is 0 Å². The molecule has 3 heterocycles. The number of pyridine rings is 1. The van der Waals surface area contributed by atoms with Crippen LogP contribution in [0.5, 0.6) is 0 Å². The molecular formula is C18H23N5O2. The zero-order valence-electron chi connectivity index (χ0n) is 14.8. The molecule has 0 aromatic carbocycles. The number of aromatic amines is 1.